The predicted molar refractivity (Wildman–Crippen MR) is 58.0 cm³/mol. The third-order valence-corrected chi connectivity index (χ3v) is 3.24. The largest absolute Gasteiger partial charge is 0.411 e. The molecule has 0 bridgehead atoms. The number of ketones is 1. The molecule has 1 aromatic heterocycles. The Labute approximate surface area is 103 Å². The molecule has 0 saturated heterocycles. The highest BCUT2D eigenvalue weighted by molar-refractivity contribution is 9.11. The van der Waals surface area contributed by atoms with Crippen LogP contribution >= 0.6 is 27.3 Å². The summed E-state index contributed by atoms with van der Waals surface area (Å²) in [6.07, 6.45) is -4.40. The van der Waals surface area contributed by atoms with E-state index in [2.05, 4.69) is 20.7 Å². The van der Waals surface area contributed by atoms with Gasteiger partial charge in [0.1, 0.15) is 13.2 Å². The Hall–Kier alpha value is -0.400. The zero-order chi connectivity index (χ0) is 12.3. The molecule has 0 atom stereocenters. The second-order valence-corrected chi connectivity index (χ2v) is 5.69. The molecule has 0 amide bonds. The minimum atomic E-state index is -4.40. The van der Waals surface area contributed by atoms with Crippen molar-refractivity contribution in [2.24, 2.45) is 0 Å². The fourth-order valence-corrected chi connectivity index (χ4v) is 2.77. The van der Waals surface area contributed by atoms with Crippen LogP contribution in [0.2, 0.25) is 0 Å². The molecule has 7 heteroatoms. The van der Waals surface area contributed by atoms with Gasteiger partial charge >= 0.3 is 6.18 Å². The first-order valence-electron chi connectivity index (χ1n) is 4.23. The molecule has 0 spiro atoms. The minimum Gasteiger partial charge on any atom is -0.364 e. The van der Waals surface area contributed by atoms with Gasteiger partial charge in [-0.05, 0) is 28.9 Å². The summed E-state index contributed by atoms with van der Waals surface area (Å²) >= 11 is 4.55. The predicted octanol–water partition coefficient (Wildman–Crippen LogP) is 3.58. The molecule has 0 aliphatic carbocycles. The van der Waals surface area contributed by atoms with E-state index < -0.39 is 25.2 Å². The van der Waals surface area contributed by atoms with E-state index in [4.69, 9.17) is 0 Å². The summed E-state index contributed by atoms with van der Waals surface area (Å²) in [5.41, 5.74) is 0.402. The normalized spacial score (nSPS) is 11.8. The molecule has 1 aromatic rings. The second kappa shape index (κ2) is 5.29. The lowest BCUT2D eigenvalue weighted by Gasteiger charge is -2.06. The number of thiophene rings is 1. The van der Waals surface area contributed by atoms with E-state index in [1.54, 1.807) is 13.0 Å². The number of halogens is 4. The fourth-order valence-electron chi connectivity index (χ4n) is 1.06. The average Bonchev–Trinajstić information content (AvgIpc) is 2.43. The van der Waals surface area contributed by atoms with Crippen molar-refractivity contribution in [2.75, 3.05) is 13.2 Å². The third kappa shape index (κ3) is 4.23. The van der Waals surface area contributed by atoms with E-state index in [0.717, 1.165) is 8.66 Å². The summed E-state index contributed by atoms with van der Waals surface area (Å²) in [5, 5.41) is 0. The molecule has 0 aliphatic heterocycles. The van der Waals surface area contributed by atoms with Gasteiger partial charge in [-0.2, -0.15) is 13.2 Å². The number of ether oxygens (including phenoxy) is 1. The lowest BCUT2D eigenvalue weighted by atomic mass is 10.2. The fraction of sp³-hybridized carbons (Fsp3) is 0.444. The van der Waals surface area contributed by atoms with Crippen molar-refractivity contribution in [3.05, 3.63) is 20.3 Å². The molecule has 0 aliphatic rings. The average molecular weight is 317 g/mol. The summed E-state index contributed by atoms with van der Waals surface area (Å²) in [6, 6.07) is 1.58. The van der Waals surface area contributed by atoms with Crippen LogP contribution in [-0.4, -0.2) is 25.2 Å². The molecular formula is C9H8BrF3O2S. The van der Waals surface area contributed by atoms with E-state index in [1.165, 1.54) is 11.3 Å². The van der Waals surface area contributed by atoms with Gasteiger partial charge in [0.15, 0.2) is 5.78 Å². The third-order valence-electron chi connectivity index (χ3n) is 1.69. The smallest absolute Gasteiger partial charge is 0.364 e. The first kappa shape index (κ1) is 13.7. The van der Waals surface area contributed by atoms with Crippen LogP contribution in [0.15, 0.2) is 9.85 Å². The van der Waals surface area contributed by atoms with Crippen molar-refractivity contribution in [3.63, 3.8) is 0 Å². The number of carbonyl (C=O) groups excluding carboxylic acids is 1. The standard InChI is InChI=1S/C9H8BrF3O2S/c1-5-6(2-8(10)16-5)7(14)3-15-4-9(11,12)13/h2H,3-4H2,1H3. The van der Waals surface area contributed by atoms with Crippen LogP contribution in [-0.2, 0) is 4.74 Å². The van der Waals surface area contributed by atoms with E-state index in [9.17, 15) is 18.0 Å². The first-order valence-corrected chi connectivity index (χ1v) is 5.84. The highest BCUT2D eigenvalue weighted by atomic mass is 79.9. The van der Waals surface area contributed by atoms with E-state index in [-0.39, 0.29) is 0 Å². The monoisotopic (exact) mass is 316 g/mol. The Morgan fingerprint density at radius 1 is 1.56 bits per heavy atom. The Bertz CT molecular complexity index is 387. The Morgan fingerprint density at radius 3 is 2.62 bits per heavy atom. The molecule has 0 aromatic carbocycles. The van der Waals surface area contributed by atoms with Crippen molar-refractivity contribution in [1.29, 1.82) is 0 Å². The van der Waals surface area contributed by atoms with Gasteiger partial charge in [-0.15, -0.1) is 11.3 Å². The van der Waals surface area contributed by atoms with Crippen molar-refractivity contribution < 1.29 is 22.7 Å². The number of hydrogen-bond acceptors (Lipinski definition) is 3. The molecule has 0 radical (unpaired) electrons. The van der Waals surface area contributed by atoms with Crippen molar-refractivity contribution in [3.8, 4) is 0 Å². The number of rotatable bonds is 4. The van der Waals surface area contributed by atoms with E-state index in [1.807, 2.05) is 0 Å². The summed E-state index contributed by atoms with van der Waals surface area (Å²) in [7, 11) is 0. The van der Waals surface area contributed by atoms with Crippen molar-refractivity contribution in [2.45, 2.75) is 13.1 Å². The van der Waals surface area contributed by atoms with Crippen LogP contribution in [0.1, 0.15) is 15.2 Å². The maximum absolute atomic E-state index is 11.8. The summed E-state index contributed by atoms with van der Waals surface area (Å²) in [4.78, 5) is 12.2. The van der Waals surface area contributed by atoms with Gasteiger partial charge in [-0.1, -0.05) is 0 Å². The van der Waals surface area contributed by atoms with Gasteiger partial charge < -0.3 is 4.74 Å². The number of alkyl halides is 3. The summed E-state index contributed by atoms with van der Waals surface area (Å²) in [6.45, 7) is -0.223. The van der Waals surface area contributed by atoms with Crippen LogP contribution < -0.4 is 0 Å². The zero-order valence-electron chi connectivity index (χ0n) is 8.23. The first-order chi connectivity index (χ1) is 7.29. The van der Waals surface area contributed by atoms with Crippen LogP contribution in [0.25, 0.3) is 0 Å². The molecule has 90 valence electrons. The molecule has 16 heavy (non-hydrogen) atoms. The lowest BCUT2D eigenvalue weighted by molar-refractivity contribution is -0.170. The Balaban J connectivity index is 2.51. The van der Waals surface area contributed by atoms with E-state index >= 15 is 0 Å². The van der Waals surface area contributed by atoms with Crippen LogP contribution in [0.3, 0.4) is 0 Å². The number of Topliss-reactive ketones (excluding diaryl/α,β-unsaturated/α-hetero) is 1. The molecule has 0 N–H and O–H groups in total. The van der Waals surface area contributed by atoms with Crippen LogP contribution in [0.4, 0.5) is 13.2 Å². The van der Waals surface area contributed by atoms with Gasteiger partial charge in [-0.25, -0.2) is 0 Å². The van der Waals surface area contributed by atoms with Gasteiger partial charge in [0.2, 0.25) is 0 Å². The Kier molecular flexibility index (Phi) is 4.52. The number of hydrogen-bond donors (Lipinski definition) is 0. The van der Waals surface area contributed by atoms with Crippen molar-refractivity contribution in [1.82, 2.24) is 0 Å². The van der Waals surface area contributed by atoms with Crippen LogP contribution in [0.5, 0.6) is 0 Å². The molecule has 2 nitrogen and oxygen atoms in total. The lowest BCUT2D eigenvalue weighted by Crippen LogP contribution is -2.20. The summed E-state index contributed by atoms with van der Waals surface area (Å²) in [5.74, 6) is -0.441. The van der Waals surface area contributed by atoms with Gasteiger partial charge in [0.25, 0.3) is 0 Å². The highest BCUT2D eigenvalue weighted by Crippen LogP contribution is 2.26. The molecular weight excluding hydrogens is 309 g/mol. The zero-order valence-corrected chi connectivity index (χ0v) is 10.6. The molecule has 1 heterocycles. The molecule has 0 unspecified atom stereocenters. The quantitative estimate of drug-likeness (QED) is 0.794. The van der Waals surface area contributed by atoms with Gasteiger partial charge in [0.05, 0.1) is 3.79 Å². The van der Waals surface area contributed by atoms with Gasteiger partial charge in [-0.3, -0.25) is 4.79 Å². The second-order valence-electron chi connectivity index (χ2n) is 3.05. The SMILES string of the molecule is Cc1sc(Br)cc1C(=O)COCC(F)(F)F. The molecule has 0 saturated carbocycles. The maximum atomic E-state index is 11.8. The Morgan fingerprint density at radius 2 is 2.19 bits per heavy atom. The molecule has 1 rings (SSSR count). The van der Waals surface area contributed by atoms with Crippen molar-refractivity contribution >= 4 is 33.0 Å². The number of aryl methyl sites for hydroxylation is 1. The molecule has 0 fully saturated rings. The maximum Gasteiger partial charge on any atom is 0.411 e. The topological polar surface area (TPSA) is 26.3 Å². The highest BCUT2D eigenvalue weighted by Gasteiger charge is 2.28. The van der Waals surface area contributed by atoms with E-state index in [0.29, 0.717) is 5.56 Å². The summed E-state index contributed by atoms with van der Waals surface area (Å²) < 4.78 is 40.3. The van der Waals surface area contributed by atoms with Gasteiger partial charge in [0, 0.05) is 10.4 Å². The van der Waals surface area contributed by atoms with Crippen LogP contribution in [0, 0.1) is 6.92 Å². The number of carbonyl (C=O) groups is 1. The minimum absolute atomic E-state index is 0.402.